The molecule has 0 bridgehead atoms. The summed E-state index contributed by atoms with van der Waals surface area (Å²) in [7, 11) is 1.56. The van der Waals surface area contributed by atoms with Gasteiger partial charge in [-0.1, -0.05) is 6.07 Å². The molecule has 5 heteroatoms. The van der Waals surface area contributed by atoms with Crippen LogP contribution in [-0.2, 0) is 11.3 Å². The van der Waals surface area contributed by atoms with E-state index in [9.17, 15) is 9.59 Å². The van der Waals surface area contributed by atoms with E-state index in [0.29, 0.717) is 11.4 Å². The highest BCUT2D eigenvalue weighted by molar-refractivity contribution is 5.90. The monoisotopic (exact) mass is 272 g/mol. The Bertz CT molecular complexity index is 677. The van der Waals surface area contributed by atoms with Gasteiger partial charge in [0, 0.05) is 24.0 Å². The molecule has 0 atom stereocenters. The summed E-state index contributed by atoms with van der Waals surface area (Å²) in [5.74, 6) is 0.402. The van der Waals surface area contributed by atoms with Gasteiger partial charge in [0.1, 0.15) is 12.3 Å². The lowest BCUT2D eigenvalue weighted by atomic mass is 10.3. The first-order valence-corrected chi connectivity index (χ1v) is 6.19. The highest BCUT2D eigenvalue weighted by Crippen LogP contribution is 2.16. The molecule has 0 unspecified atom stereocenters. The van der Waals surface area contributed by atoms with E-state index in [4.69, 9.17) is 4.74 Å². The molecule has 0 saturated heterocycles. The molecule has 0 radical (unpaired) electrons. The van der Waals surface area contributed by atoms with Crippen molar-refractivity contribution in [3.63, 3.8) is 0 Å². The summed E-state index contributed by atoms with van der Waals surface area (Å²) in [6.45, 7) is 1.82. The van der Waals surface area contributed by atoms with Crippen molar-refractivity contribution < 1.29 is 9.53 Å². The minimum Gasteiger partial charge on any atom is -0.497 e. The molecule has 0 aliphatic heterocycles. The predicted molar refractivity (Wildman–Crippen MR) is 77.1 cm³/mol. The minimum atomic E-state index is -0.260. The van der Waals surface area contributed by atoms with Gasteiger partial charge >= 0.3 is 0 Å². The fourth-order valence-corrected chi connectivity index (χ4v) is 1.79. The Hall–Kier alpha value is -2.56. The van der Waals surface area contributed by atoms with Crippen LogP contribution in [0.15, 0.2) is 47.4 Å². The van der Waals surface area contributed by atoms with Crippen LogP contribution in [0.4, 0.5) is 5.69 Å². The number of benzene rings is 1. The summed E-state index contributed by atoms with van der Waals surface area (Å²) in [6, 6.07) is 10.3. The molecule has 1 amide bonds. The number of ether oxygens (including phenoxy) is 1. The highest BCUT2D eigenvalue weighted by atomic mass is 16.5. The van der Waals surface area contributed by atoms with E-state index in [-0.39, 0.29) is 18.0 Å². The van der Waals surface area contributed by atoms with E-state index in [2.05, 4.69) is 5.32 Å². The van der Waals surface area contributed by atoms with Gasteiger partial charge in [-0.05, 0) is 30.7 Å². The first-order chi connectivity index (χ1) is 9.58. The van der Waals surface area contributed by atoms with Crippen molar-refractivity contribution >= 4 is 11.6 Å². The number of hydrogen-bond acceptors (Lipinski definition) is 3. The van der Waals surface area contributed by atoms with Crippen LogP contribution in [0.5, 0.6) is 5.75 Å². The van der Waals surface area contributed by atoms with Crippen LogP contribution >= 0.6 is 0 Å². The van der Waals surface area contributed by atoms with Crippen molar-refractivity contribution in [3.05, 3.63) is 58.5 Å². The van der Waals surface area contributed by atoms with Crippen molar-refractivity contribution in [1.29, 1.82) is 0 Å². The molecular formula is C15H16N2O3. The predicted octanol–water partition coefficient (Wildman–Crippen LogP) is 1.80. The summed E-state index contributed by atoms with van der Waals surface area (Å²) in [5.41, 5.74) is 1.32. The average molecular weight is 272 g/mol. The largest absolute Gasteiger partial charge is 0.497 e. The Kier molecular flexibility index (Phi) is 4.20. The summed E-state index contributed by atoms with van der Waals surface area (Å²) in [6.07, 6.45) is 1.61. The Labute approximate surface area is 116 Å². The lowest BCUT2D eigenvalue weighted by Crippen LogP contribution is -2.26. The zero-order valence-corrected chi connectivity index (χ0v) is 11.4. The van der Waals surface area contributed by atoms with Gasteiger partial charge in [-0.3, -0.25) is 9.59 Å². The van der Waals surface area contributed by atoms with Gasteiger partial charge in [-0.2, -0.15) is 0 Å². The molecule has 0 aliphatic rings. The first kappa shape index (κ1) is 13.9. The molecule has 1 heterocycles. The number of pyridine rings is 1. The Morgan fingerprint density at radius 1 is 1.30 bits per heavy atom. The molecule has 104 valence electrons. The van der Waals surface area contributed by atoms with Gasteiger partial charge in [0.25, 0.3) is 5.56 Å². The fourth-order valence-electron chi connectivity index (χ4n) is 1.79. The standard InChI is InChI=1S/C15H16N2O3/c1-11-6-7-17(15(19)8-11)10-14(18)16-12-4-3-5-13(9-12)20-2/h3-9H,10H2,1-2H3,(H,16,18). The van der Waals surface area contributed by atoms with Gasteiger partial charge in [0.15, 0.2) is 0 Å². The van der Waals surface area contributed by atoms with Crippen molar-refractivity contribution in [3.8, 4) is 5.75 Å². The number of aromatic nitrogens is 1. The van der Waals surface area contributed by atoms with Crippen LogP contribution in [0.25, 0.3) is 0 Å². The van der Waals surface area contributed by atoms with Crippen LogP contribution in [0.2, 0.25) is 0 Å². The minimum absolute atomic E-state index is 0.0175. The molecule has 0 spiro atoms. The van der Waals surface area contributed by atoms with Gasteiger partial charge in [0.05, 0.1) is 7.11 Å². The number of methoxy groups -OCH3 is 1. The van der Waals surface area contributed by atoms with E-state index in [1.807, 2.05) is 6.92 Å². The van der Waals surface area contributed by atoms with Gasteiger partial charge in [-0.15, -0.1) is 0 Å². The molecular weight excluding hydrogens is 256 g/mol. The fraction of sp³-hybridized carbons (Fsp3) is 0.200. The second kappa shape index (κ2) is 6.06. The Balaban J connectivity index is 2.07. The second-order valence-electron chi connectivity index (χ2n) is 4.45. The number of carbonyl (C=O) groups excluding carboxylic acids is 1. The van der Waals surface area contributed by atoms with E-state index in [1.165, 1.54) is 10.6 Å². The molecule has 0 aliphatic carbocycles. The average Bonchev–Trinajstić information content (AvgIpc) is 2.42. The number of nitrogens with zero attached hydrogens (tertiary/aromatic N) is 1. The zero-order valence-electron chi connectivity index (χ0n) is 11.4. The number of carbonyl (C=O) groups is 1. The SMILES string of the molecule is COc1cccc(NC(=O)Cn2ccc(C)cc2=O)c1. The quantitative estimate of drug-likeness (QED) is 0.923. The van der Waals surface area contributed by atoms with Crippen molar-refractivity contribution in [2.24, 2.45) is 0 Å². The molecule has 5 nitrogen and oxygen atoms in total. The van der Waals surface area contributed by atoms with E-state index < -0.39 is 0 Å². The van der Waals surface area contributed by atoms with Gasteiger partial charge < -0.3 is 14.6 Å². The molecule has 1 aromatic carbocycles. The van der Waals surface area contributed by atoms with Crippen LogP contribution in [0, 0.1) is 6.92 Å². The molecule has 0 fully saturated rings. The summed E-state index contributed by atoms with van der Waals surface area (Å²) < 4.78 is 6.44. The Morgan fingerprint density at radius 3 is 2.80 bits per heavy atom. The zero-order chi connectivity index (χ0) is 14.5. The van der Waals surface area contributed by atoms with E-state index in [1.54, 1.807) is 43.6 Å². The molecule has 2 aromatic rings. The third-order valence-electron chi connectivity index (χ3n) is 2.82. The molecule has 1 aromatic heterocycles. The molecule has 20 heavy (non-hydrogen) atoms. The lowest BCUT2D eigenvalue weighted by Gasteiger charge is -2.08. The number of rotatable bonds is 4. The van der Waals surface area contributed by atoms with Crippen molar-refractivity contribution in [1.82, 2.24) is 4.57 Å². The third-order valence-corrected chi connectivity index (χ3v) is 2.82. The maximum atomic E-state index is 11.9. The number of anilines is 1. The van der Waals surface area contributed by atoms with Crippen LogP contribution in [0.3, 0.4) is 0 Å². The van der Waals surface area contributed by atoms with Gasteiger partial charge in [-0.25, -0.2) is 0 Å². The lowest BCUT2D eigenvalue weighted by molar-refractivity contribution is -0.116. The third kappa shape index (κ3) is 3.47. The van der Waals surface area contributed by atoms with Crippen molar-refractivity contribution in [2.75, 3.05) is 12.4 Å². The normalized spacial score (nSPS) is 10.1. The summed E-state index contributed by atoms with van der Waals surface area (Å²) >= 11 is 0. The summed E-state index contributed by atoms with van der Waals surface area (Å²) in [5, 5.41) is 2.73. The smallest absolute Gasteiger partial charge is 0.251 e. The maximum Gasteiger partial charge on any atom is 0.251 e. The molecule has 2 rings (SSSR count). The number of aryl methyl sites for hydroxylation is 1. The topological polar surface area (TPSA) is 60.3 Å². The van der Waals surface area contributed by atoms with Crippen LogP contribution in [0.1, 0.15) is 5.56 Å². The van der Waals surface area contributed by atoms with E-state index >= 15 is 0 Å². The first-order valence-electron chi connectivity index (χ1n) is 6.19. The van der Waals surface area contributed by atoms with Gasteiger partial charge in [0.2, 0.25) is 5.91 Å². The van der Waals surface area contributed by atoms with Crippen LogP contribution < -0.4 is 15.6 Å². The van der Waals surface area contributed by atoms with Crippen LogP contribution in [-0.4, -0.2) is 17.6 Å². The Morgan fingerprint density at radius 2 is 2.10 bits per heavy atom. The summed E-state index contributed by atoms with van der Waals surface area (Å²) in [4.78, 5) is 23.6. The number of nitrogens with one attached hydrogen (secondary N) is 1. The number of amides is 1. The molecule has 0 saturated carbocycles. The van der Waals surface area contributed by atoms with Crippen molar-refractivity contribution in [2.45, 2.75) is 13.5 Å². The maximum absolute atomic E-state index is 11.9. The van der Waals surface area contributed by atoms with E-state index in [0.717, 1.165) is 5.56 Å². The highest BCUT2D eigenvalue weighted by Gasteiger charge is 2.05. The number of hydrogen-bond donors (Lipinski definition) is 1. The second-order valence-corrected chi connectivity index (χ2v) is 4.45. The molecule has 1 N–H and O–H groups in total.